The molecule has 0 atom stereocenters. The summed E-state index contributed by atoms with van der Waals surface area (Å²) in [5.74, 6) is -0.230. The fourth-order valence-electron chi connectivity index (χ4n) is 2.26. The van der Waals surface area contributed by atoms with E-state index in [-0.39, 0.29) is 23.0 Å². The Hall–Kier alpha value is -1.36. The van der Waals surface area contributed by atoms with Crippen molar-refractivity contribution in [2.24, 2.45) is 0 Å². The number of aryl methyl sites for hydroxylation is 3. The number of aromatic nitrogens is 2. The molecule has 0 unspecified atom stereocenters. The van der Waals surface area contributed by atoms with E-state index in [2.05, 4.69) is 48.4 Å². The molecule has 0 saturated carbocycles. The van der Waals surface area contributed by atoms with Gasteiger partial charge in [0.2, 0.25) is 6.33 Å². The second-order valence-electron chi connectivity index (χ2n) is 4.86. The molecule has 0 N–H and O–H groups in total. The number of ether oxygens (including phenoxy) is 1. The van der Waals surface area contributed by atoms with Gasteiger partial charge in [-0.3, -0.25) is 4.79 Å². The van der Waals surface area contributed by atoms with Gasteiger partial charge < -0.3 is 21.7 Å². The lowest BCUT2D eigenvalue weighted by Gasteiger charge is -2.01. The fourth-order valence-corrected chi connectivity index (χ4v) is 2.26. The maximum atomic E-state index is 10.8. The molecule has 1 heterocycles. The third-order valence-corrected chi connectivity index (χ3v) is 3.47. The third kappa shape index (κ3) is 3.39. The third-order valence-electron chi connectivity index (χ3n) is 3.47. The lowest BCUT2D eigenvalue weighted by molar-refractivity contribution is -0.673. The van der Waals surface area contributed by atoms with Crippen LogP contribution in [0.2, 0.25) is 0 Å². The highest BCUT2D eigenvalue weighted by atomic mass is 79.9. The van der Waals surface area contributed by atoms with Crippen molar-refractivity contribution >= 4 is 17.0 Å². The minimum absolute atomic E-state index is 0. The van der Waals surface area contributed by atoms with Gasteiger partial charge in [-0.25, -0.2) is 9.13 Å². The van der Waals surface area contributed by atoms with Crippen molar-refractivity contribution in [1.29, 1.82) is 0 Å². The van der Waals surface area contributed by atoms with Gasteiger partial charge in [-0.1, -0.05) is 0 Å². The van der Waals surface area contributed by atoms with Gasteiger partial charge in [-0.2, -0.15) is 0 Å². The molecular weight excluding hydrogens is 320 g/mol. The van der Waals surface area contributed by atoms with E-state index in [1.54, 1.807) is 0 Å². The minimum Gasteiger partial charge on any atom is -1.00 e. The number of nitrogens with zero attached hydrogens (tertiary/aromatic N) is 2. The van der Waals surface area contributed by atoms with Gasteiger partial charge in [0.1, 0.15) is 13.2 Å². The van der Waals surface area contributed by atoms with Crippen LogP contribution < -0.4 is 21.5 Å². The summed E-state index contributed by atoms with van der Waals surface area (Å²) < 4.78 is 9.39. The number of rotatable bonds is 4. The molecule has 2 aromatic rings. The molecule has 0 aliphatic heterocycles. The molecular formula is C15H21BrN2O2. The Kier molecular flexibility index (Phi) is 5.74. The second-order valence-corrected chi connectivity index (χ2v) is 4.86. The maximum Gasteiger partial charge on any atom is 0.302 e. The number of carbonyl (C=O) groups is 1. The molecule has 110 valence electrons. The highest BCUT2D eigenvalue weighted by Gasteiger charge is 2.15. The molecule has 1 aromatic heterocycles. The monoisotopic (exact) mass is 340 g/mol. The van der Waals surface area contributed by atoms with Crippen molar-refractivity contribution in [2.75, 3.05) is 6.61 Å². The van der Waals surface area contributed by atoms with E-state index in [1.807, 2.05) is 0 Å². The average molecular weight is 341 g/mol. The summed E-state index contributed by atoms with van der Waals surface area (Å²) in [7, 11) is 0. The van der Waals surface area contributed by atoms with Crippen LogP contribution in [0, 0.1) is 13.8 Å². The zero-order valence-corrected chi connectivity index (χ0v) is 14.0. The number of esters is 1. The molecule has 0 spiro atoms. The van der Waals surface area contributed by atoms with Crippen LogP contribution in [0.1, 0.15) is 25.0 Å². The zero-order valence-electron chi connectivity index (χ0n) is 12.4. The number of imidazole rings is 1. The molecule has 1 aromatic carbocycles. The number of hydrogen-bond donors (Lipinski definition) is 0. The predicted octanol–water partition coefficient (Wildman–Crippen LogP) is -0.867. The van der Waals surface area contributed by atoms with E-state index >= 15 is 0 Å². The topological polar surface area (TPSA) is 35.1 Å². The summed E-state index contributed by atoms with van der Waals surface area (Å²) in [4.78, 5) is 10.8. The van der Waals surface area contributed by atoms with Crippen molar-refractivity contribution in [3.8, 4) is 0 Å². The lowest BCUT2D eigenvalue weighted by atomic mass is 10.1. The first-order chi connectivity index (χ1) is 9.02. The highest BCUT2D eigenvalue weighted by molar-refractivity contribution is 5.74. The van der Waals surface area contributed by atoms with Gasteiger partial charge in [0.25, 0.3) is 0 Å². The Bertz CT molecular complexity index is 620. The van der Waals surface area contributed by atoms with Crippen LogP contribution in [0.5, 0.6) is 0 Å². The SMILES string of the molecule is CCn1c[n+](CCOC(C)=O)c2cc(C)c(C)cc21.[Br-]. The number of fused-ring (bicyclic) bond motifs is 1. The highest BCUT2D eigenvalue weighted by Crippen LogP contribution is 2.17. The fraction of sp³-hybridized carbons (Fsp3) is 0.467. The number of carbonyl (C=O) groups excluding carboxylic acids is 1. The van der Waals surface area contributed by atoms with Crippen molar-refractivity contribution in [1.82, 2.24) is 4.57 Å². The Morgan fingerprint density at radius 3 is 2.55 bits per heavy atom. The average Bonchev–Trinajstić information content (AvgIpc) is 2.67. The minimum atomic E-state index is -0.230. The first kappa shape index (κ1) is 16.7. The molecule has 0 aliphatic carbocycles. The van der Waals surface area contributed by atoms with Crippen LogP contribution in [0.3, 0.4) is 0 Å². The van der Waals surface area contributed by atoms with Gasteiger partial charge in [-0.05, 0) is 44.0 Å². The molecule has 0 fully saturated rings. The van der Waals surface area contributed by atoms with Crippen LogP contribution in [0.15, 0.2) is 18.5 Å². The van der Waals surface area contributed by atoms with Crippen molar-refractivity contribution in [3.63, 3.8) is 0 Å². The van der Waals surface area contributed by atoms with E-state index in [0.717, 1.165) is 6.54 Å². The smallest absolute Gasteiger partial charge is 0.302 e. The first-order valence-electron chi connectivity index (χ1n) is 6.65. The van der Waals surface area contributed by atoms with Gasteiger partial charge in [0.05, 0.1) is 6.54 Å². The van der Waals surface area contributed by atoms with Gasteiger partial charge in [0, 0.05) is 6.92 Å². The Balaban J connectivity index is 0.00000200. The van der Waals surface area contributed by atoms with E-state index in [9.17, 15) is 4.79 Å². The molecule has 0 bridgehead atoms. The van der Waals surface area contributed by atoms with Gasteiger partial charge >= 0.3 is 5.97 Å². The molecule has 0 radical (unpaired) electrons. The van der Waals surface area contributed by atoms with Gasteiger partial charge in [0.15, 0.2) is 11.0 Å². The quantitative estimate of drug-likeness (QED) is 0.536. The van der Waals surface area contributed by atoms with E-state index in [0.29, 0.717) is 13.2 Å². The van der Waals surface area contributed by atoms with Crippen LogP contribution in [0.25, 0.3) is 11.0 Å². The van der Waals surface area contributed by atoms with Crippen LogP contribution >= 0.6 is 0 Å². The zero-order chi connectivity index (χ0) is 14.0. The lowest BCUT2D eigenvalue weighted by Crippen LogP contribution is -3.00. The number of hydrogen-bond acceptors (Lipinski definition) is 2. The van der Waals surface area contributed by atoms with Crippen molar-refractivity contribution in [2.45, 2.75) is 40.8 Å². The summed E-state index contributed by atoms with van der Waals surface area (Å²) in [6.45, 7) is 9.85. The summed E-state index contributed by atoms with van der Waals surface area (Å²) in [6.07, 6.45) is 2.09. The molecule has 5 heteroatoms. The summed E-state index contributed by atoms with van der Waals surface area (Å²) in [5, 5.41) is 0. The Labute approximate surface area is 130 Å². The predicted molar refractivity (Wildman–Crippen MR) is 73.9 cm³/mol. The molecule has 20 heavy (non-hydrogen) atoms. The van der Waals surface area contributed by atoms with Gasteiger partial charge in [-0.15, -0.1) is 0 Å². The van der Waals surface area contributed by atoms with Crippen molar-refractivity contribution in [3.05, 3.63) is 29.6 Å². The Morgan fingerprint density at radius 2 is 1.95 bits per heavy atom. The standard InChI is InChI=1S/C15H21N2O2.BrH/c1-5-16-10-17(6-7-19-13(4)18)15-9-12(3)11(2)8-14(15)16;/h8-10H,5-7H2,1-4H3;1H/q+1;/p-1. The normalized spacial score (nSPS) is 10.4. The van der Waals surface area contributed by atoms with Crippen LogP contribution in [0.4, 0.5) is 0 Å². The van der Waals surface area contributed by atoms with Crippen molar-refractivity contribution < 1.29 is 31.1 Å². The summed E-state index contributed by atoms with van der Waals surface area (Å²) >= 11 is 0. The van der Waals surface area contributed by atoms with Crippen LogP contribution in [-0.4, -0.2) is 17.1 Å². The summed E-state index contributed by atoms with van der Waals surface area (Å²) in [6, 6.07) is 4.42. The Morgan fingerprint density at radius 1 is 1.30 bits per heavy atom. The van der Waals surface area contributed by atoms with E-state index < -0.39 is 0 Å². The number of benzene rings is 1. The first-order valence-corrected chi connectivity index (χ1v) is 6.65. The number of halogens is 1. The second kappa shape index (κ2) is 6.88. The molecule has 0 amide bonds. The molecule has 0 saturated heterocycles. The largest absolute Gasteiger partial charge is 1.00 e. The molecule has 0 aliphatic rings. The summed E-state index contributed by atoms with van der Waals surface area (Å²) in [5.41, 5.74) is 5.00. The maximum absolute atomic E-state index is 10.8. The van der Waals surface area contributed by atoms with E-state index in [1.165, 1.54) is 29.1 Å². The molecule has 4 nitrogen and oxygen atoms in total. The van der Waals surface area contributed by atoms with Crippen LogP contribution in [-0.2, 0) is 22.6 Å². The molecule has 2 rings (SSSR count). The van der Waals surface area contributed by atoms with E-state index in [4.69, 9.17) is 4.74 Å².